The topological polar surface area (TPSA) is 38.0 Å². The second-order valence-electron chi connectivity index (χ2n) is 4.76. The number of thioether (sulfide) groups is 1. The Hall–Kier alpha value is -0.300. The molecular weight excluding hydrogens is 416 g/mol. The lowest BCUT2D eigenvalue weighted by Gasteiger charge is -2.12. The second kappa shape index (κ2) is 7.81. The number of hydrogen-bond donors (Lipinski definition) is 1. The molecular formula is C15H18Br2N2OS. The lowest BCUT2D eigenvalue weighted by atomic mass is 10.2. The molecule has 0 radical (unpaired) electrons. The monoisotopic (exact) mass is 432 g/mol. The summed E-state index contributed by atoms with van der Waals surface area (Å²) in [5.41, 5.74) is 2.03. The first-order valence-electron chi connectivity index (χ1n) is 6.80. The molecule has 2 aromatic rings. The van der Waals surface area contributed by atoms with E-state index in [1.54, 1.807) is 11.8 Å². The fourth-order valence-electron chi connectivity index (χ4n) is 2.09. The highest BCUT2D eigenvalue weighted by Gasteiger charge is 2.16. The molecule has 0 bridgehead atoms. The van der Waals surface area contributed by atoms with Crippen molar-refractivity contribution >= 4 is 43.6 Å². The van der Waals surface area contributed by atoms with Crippen molar-refractivity contribution in [2.24, 2.45) is 0 Å². The number of nitrogens with zero attached hydrogens (tertiary/aromatic N) is 2. The minimum Gasteiger partial charge on any atom is -0.392 e. The fraction of sp³-hybridized carbons (Fsp3) is 0.400. The minimum atomic E-state index is -0.403. The van der Waals surface area contributed by atoms with Gasteiger partial charge in [0.1, 0.15) is 0 Å². The van der Waals surface area contributed by atoms with Gasteiger partial charge in [0.15, 0.2) is 0 Å². The van der Waals surface area contributed by atoms with Crippen LogP contribution in [0.1, 0.15) is 18.3 Å². The number of hydrogen-bond acceptors (Lipinski definition) is 3. The lowest BCUT2D eigenvalue weighted by molar-refractivity contribution is 0.196. The Labute approximate surface area is 146 Å². The number of aryl methyl sites for hydroxylation is 2. The lowest BCUT2D eigenvalue weighted by Crippen LogP contribution is -2.17. The molecule has 0 fully saturated rings. The third-order valence-corrected chi connectivity index (χ3v) is 6.35. The van der Waals surface area contributed by atoms with Crippen molar-refractivity contribution in [2.75, 3.05) is 5.75 Å². The molecule has 0 amide bonds. The van der Waals surface area contributed by atoms with Gasteiger partial charge in [0.2, 0.25) is 0 Å². The van der Waals surface area contributed by atoms with Gasteiger partial charge in [-0.3, -0.25) is 4.68 Å². The van der Waals surface area contributed by atoms with Crippen molar-refractivity contribution in [3.8, 4) is 0 Å². The van der Waals surface area contributed by atoms with E-state index >= 15 is 0 Å². The zero-order valence-electron chi connectivity index (χ0n) is 12.0. The highest BCUT2D eigenvalue weighted by molar-refractivity contribution is 9.10. The predicted octanol–water partition coefficient (Wildman–Crippen LogP) is 4.43. The SMILES string of the molecule is CCn1nc(C)c(Br)c1CC(O)CSc1ccccc1Br. The van der Waals surface area contributed by atoms with Gasteiger partial charge in [0.05, 0.1) is 22.0 Å². The van der Waals surface area contributed by atoms with E-state index in [1.807, 2.05) is 29.8 Å². The molecule has 0 aliphatic heterocycles. The smallest absolute Gasteiger partial charge is 0.0738 e. The van der Waals surface area contributed by atoms with Crippen LogP contribution in [0, 0.1) is 6.92 Å². The number of rotatable bonds is 6. The largest absolute Gasteiger partial charge is 0.392 e. The van der Waals surface area contributed by atoms with Crippen molar-refractivity contribution in [3.05, 3.63) is 44.6 Å². The number of aliphatic hydroxyl groups excluding tert-OH is 1. The van der Waals surface area contributed by atoms with Crippen LogP contribution in [0.15, 0.2) is 38.1 Å². The Kier molecular flexibility index (Phi) is 6.34. The maximum atomic E-state index is 10.3. The maximum Gasteiger partial charge on any atom is 0.0738 e. The van der Waals surface area contributed by atoms with Gasteiger partial charge in [-0.2, -0.15) is 5.10 Å². The molecule has 1 N–H and O–H groups in total. The van der Waals surface area contributed by atoms with Gasteiger partial charge in [0, 0.05) is 28.1 Å². The molecule has 0 saturated heterocycles. The summed E-state index contributed by atoms with van der Waals surface area (Å²) in [7, 11) is 0. The average Bonchev–Trinajstić information content (AvgIpc) is 2.74. The molecule has 1 unspecified atom stereocenters. The van der Waals surface area contributed by atoms with Crippen LogP contribution in [-0.2, 0) is 13.0 Å². The van der Waals surface area contributed by atoms with Gasteiger partial charge in [-0.05, 0) is 57.8 Å². The number of benzene rings is 1. The highest BCUT2D eigenvalue weighted by atomic mass is 79.9. The molecule has 3 nitrogen and oxygen atoms in total. The van der Waals surface area contributed by atoms with E-state index in [9.17, 15) is 5.11 Å². The molecule has 6 heteroatoms. The first-order chi connectivity index (χ1) is 10.0. The molecule has 0 aliphatic rings. The third kappa shape index (κ3) is 4.34. The molecule has 1 aromatic heterocycles. The van der Waals surface area contributed by atoms with Crippen LogP contribution < -0.4 is 0 Å². The van der Waals surface area contributed by atoms with E-state index in [4.69, 9.17) is 0 Å². The van der Waals surface area contributed by atoms with Crippen LogP contribution in [0.5, 0.6) is 0 Å². The van der Waals surface area contributed by atoms with E-state index in [0.717, 1.165) is 31.8 Å². The summed E-state index contributed by atoms with van der Waals surface area (Å²) in [6.07, 6.45) is 0.201. The van der Waals surface area contributed by atoms with E-state index < -0.39 is 6.10 Å². The van der Waals surface area contributed by atoms with Gasteiger partial charge in [-0.1, -0.05) is 12.1 Å². The summed E-state index contributed by atoms with van der Waals surface area (Å²) in [5.74, 6) is 0.656. The van der Waals surface area contributed by atoms with Crippen LogP contribution in [0.3, 0.4) is 0 Å². The molecule has 2 rings (SSSR count). The van der Waals surface area contributed by atoms with Gasteiger partial charge in [-0.25, -0.2) is 0 Å². The number of halogens is 2. The Morgan fingerprint density at radius 2 is 2.05 bits per heavy atom. The molecule has 0 saturated carbocycles. The molecule has 1 heterocycles. The first kappa shape index (κ1) is 17.1. The highest BCUT2D eigenvalue weighted by Crippen LogP contribution is 2.29. The van der Waals surface area contributed by atoms with Gasteiger partial charge in [0.25, 0.3) is 0 Å². The maximum absolute atomic E-state index is 10.3. The number of aliphatic hydroxyl groups is 1. The van der Waals surface area contributed by atoms with Crippen molar-refractivity contribution < 1.29 is 5.11 Å². The van der Waals surface area contributed by atoms with Crippen LogP contribution in [-0.4, -0.2) is 26.7 Å². The predicted molar refractivity (Wildman–Crippen MR) is 94.9 cm³/mol. The molecule has 114 valence electrons. The van der Waals surface area contributed by atoms with Gasteiger partial charge in [-0.15, -0.1) is 11.8 Å². The van der Waals surface area contributed by atoms with Gasteiger partial charge >= 0.3 is 0 Å². The van der Waals surface area contributed by atoms with E-state index in [0.29, 0.717) is 12.2 Å². The molecule has 1 atom stereocenters. The van der Waals surface area contributed by atoms with E-state index in [-0.39, 0.29) is 0 Å². The number of aromatic nitrogens is 2. The van der Waals surface area contributed by atoms with Crippen molar-refractivity contribution in [3.63, 3.8) is 0 Å². The molecule has 1 aromatic carbocycles. The van der Waals surface area contributed by atoms with Crippen LogP contribution in [0.25, 0.3) is 0 Å². The quantitative estimate of drug-likeness (QED) is 0.684. The Morgan fingerprint density at radius 1 is 1.33 bits per heavy atom. The molecule has 21 heavy (non-hydrogen) atoms. The van der Waals surface area contributed by atoms with Crippen molar-refractivity contribution in [2.45, 2.75) is 37.8 Å². The summed E-state index contributed by atoms with van der Waals surface area (Å²) >= 11 is 8.75. The van der Waals surface area contributed by atoms with Crippen LogP contribution in [0.4, 0.5) is 0 Å². The average molecular weight is 434 g/mol. The Balaban J connectivity index is 1.99. The zero-order chi connectivity index (χ0) is 15.4. The van der Waals surface area contributed by atoms with Crippen LogP contribution in [0.2, 0.25) is 0 Å². The molecule has 0 spiro atoms. The summed E-state index contributed by atoms with van der Waals surface area (Å²) < 4.78 is 4.03. The van der Waals surface area contributed by atoms with Crippen molar-refractivity contribution in [1.82, 2.24) is 9.78 Å². The summed E-state index contributed by atoms with van der Waals surface area (Å²) in [5, 5.41) is 14.8. The zero-order valence-corrected chi connectivity index (χ0v) is 16.0. The summed E-state index contributed by atoms with van der Waals surface area (Å²) in [4.78, 5) is 1.15. The van der Waals surface area contributed by atoms with Crippen molar-refractivity contribution in [1.29, 1.82) is 0 Å². The molecule has 0 aliphatic carbocycles. The Morgan fingerprint density at radius 3 is 2.71 bits per heavy atom. The van der Waals surface area contributed by atoms with Crippen LogP contribution >= 0.6 is 43.6 Å². The third-order valence-electron chi connectivity index (χ3n) is 3.15. The Bertz CT molecular complexity index is 616. The normalized spacial score (nSPS) is 12.6. The fourth-order valence-corrected chi connectivity index (χ4v) is 4.04. The summed E-state index contributed by atoms with van der Waals surface area (Å²) in [6, 6.07) is 8.06. The van der Waals surface area contributed by atoms with E-state index in [1.165, 1.54) is 0 Å². The van der Waals surface area contributed by atoms with E-state index in [2.05, 4.69) is 49.9 Å². The summed E-state index contributed by atoms with van der Waals surface area (Å²) in [6.45, 7) is 4.85. The standard InChI is InChI=1S/C15H18Br2N2OS/c1-3-19-13(15(17)10(2)18-19)8-11(20)9-21-14-7-5-4-6-12(14)16/h4-7,11,20H,3,8-9H2,1-2H3. The second-order valence-corrected chi connectivity index (χ2v) is 7.47. The first-order valence-corrected chi connectivity index (χ1v) is 9.37. The van der Waals surface area contributed by atoms with Gasteiger partial charge < -0.3 is 5.11 Å². The minimum absolute atomic E-state index is 0.403.